The number of rotatable bonds is 9. The van der Waals surface area contributed by atoms with Crippen molar-refractivity contribution in [3.8, 4) is 11.5 Å². The molecule has 1 fully saturated rings. The van der Waals surface area contributed by atoms with E-state index in [1.54, 1.807) is 24.3 Å². The molecule has 1 aliphatic heterocycles. The number of benzene rings is 3. The lowest BCUT2D eigenvalue weighted by molar-refractivity contribution is -0.139. The first-order chi connectivity index (χ1) is 20.0. The summed E-state index contributed by atoms with van der Waals surface area (Å²) >= 11 is 0. The molecule has 0 unspecified atom stereocenters. The Hall–Kier alpha value is -4.58. The van der Waals surface area contributed by atoms with Gasteiger partial charge in [0.1, 0.15) is 17.5 Å². The smallest absolute Gasteiger partial charge is 0.416 e. The number of aliphatic imine (C=N–C) groups is 1. The Kier molecular flexibility index (Phi) is 9.68. The van der Waals surface area contributed by atoms with E-state index in [4.69, 9.17) is 21.3 Å². The number of ether oxygens (including phenoxy) is 1. The molecular weight excluding hydrogens is 551 g/mol. The van der Waals surface area contributed by atoms with Gasteiger partial charge in [0.05, 0.1) is 12.1 Å². The molecule has 0 aromatic heterocycles. The quantitative estimate of drug-likeness (QED) is 0.211. The summed E-state index contributed by atoms with van der Waals surface area (Å²) in [6, 6.07) is 15.2. The Morgan fingerprint density at radius 2 is 1.71 bits per heavy atom. The Balaban J connectivity index is 1.53. The minimum Gasteiger partial charge on any atom is -0.480 e. The predicted octanol–water partition coefficient (Wildman–Crippen LogP) is 4.69. The number of carboxylic acid groups (broad SMARTS) is 1. The maximum absolute atomic E-state index is 13.3. The Bertz CT molecular complexity index is 1440. The van der Waals surface area contributed by atoms with Crippen LogP contribution in [0.1, 0.15) is 46.3 Å². The van der Waals surface area contributed by atoms with Crippen molar-refractivity contribution in [1.82, 2.24) is 5.32 Å². The maximum Gasteiger partial charge on any atom is 0.416 e. The number of nitrogens with one attached hydrogen (secondary N) is 1. The number of amides is 1. The molecule has 0 aliphatic carbocycles. The molecule has 9 nitrogen and oxygen atoms in total. The molecule has 0 radical (unpaired) electrons. The summed E-state index contributed by atoms with van der Waals surface area (Å²) in [6.45, 7) is 1.62. The van der Waals surface area contributed by atoms with Crippen molar-refractivity contribution < 1.29 is 32.6 Å². The average Bonchev–Trinajstić information content (AvgIpc) is 2.97. The average molecular weight is 584 g/mol. The van der Waals surface area contributed by atoms with Crippen molar-refractivity contribution in [2.75, 3.05) is 18.0 Å². The molecule has 1 atom stereocenters. The van der Waals surface area contributed by atoms with Gasteiger partial charge in [0.15, 0.2) is 5.96 Å². The van der Waals surface area contributed by atoms with E-state index in [9.17, 15) is 22.8 Å². The Morgan fingerprint density at radius 1 is 1.02 bits per heavy atom. The number of halogens is 3. The number of carbonyl (C=O) groups excluding carboxylic acids is 1. The van der Waals surface area contributed by atoms with Gasteiger partial charge in [-0.15, -0.1) is 0 Å². The van der Waals surface area contributed by atoms with Crippen LogP contribution in [0.5, 0.6) is 11.5 Å². The second-order valence-electron chi connectivity index (χ2n) is 9.93. The molecule has 0 saturated carbocycles. The van der Waals surface area contributed by atoms with Gasteiger partial charge in [-0.3, -0.25) is 14.9 Å². The van der Waals surface area contributed by atoms with Crippen LogP contribution < -0.4 is 26.4 Å². The molecular formula is C30H32F3N5O4. The number of nitrogens with zero attached hydrogens (tertiary/aromatic N) is 2. The van der Waals surface area contributed by atoms with E-state index in [0.717, 1.165) is 50.2 Å². The summed E-state index contributed by atoms with van der Waals surface area (Å²) in [4.78, 5) is 30.2. The topological polar surface area (TPSA) is 143 Å². The molecule has 3 aromatic rings. The number of guanidine groups is 1. The molecule has 0 bridgehead atoms. The Morgan fingerprint density at radius 3 is 2.38 bits per heavy atom. The van der Waals surface area contributed by atoms with Gasteiger partial charge in [0.2, 0.25) is 0 Å². The van der Waals surface area contributed by atoms with Gasteiger partial charge in [-0.1, -0.05) is 24.3 Å². The van der Waals surface area contributed by atoms with Crippen LogP contribution in [0.3, 0.4) is 0 Å². The minimum atomic E-state index is -4.51. The van der Waals surface area contributed by atoms with Gasteiger partial charge >= 0.3 is 12.1 Å². The fourth-order valence-corrected chi connectivity index (χ4v) is 4.63. The van der Waals surface area contributed by atoms with E-state index in [2.05, 4.69) is 15.2 Å². The van der Waals surface area contributed by atoms with Crippen LogP contribution in [0.25, 0.3) is 0 Å². The van der Waals surface area contributed by atoms with Crippen molar-refractivity contribution in [2.24, 2.45) is 16.5 Å². The van der Waals surface area contributed by atoms with Crippen LogP contribution in [0.15, 0.2) is 71.7 Å². The minimum absolute atomic E-state index is 0.000897. The number of anilines is 1. The zero-order valence-electron chi connectivity index (χ0n) is 22.7. The van der Waals surface area contributed by atoms with Gasteiger partial charge < -0.3 is 26.2 Å². The molecule has 12 heteroatoms. The molecule has 1 aliphatic rings. The summed E-state index contributed by atoms with van der Waals surface area (Å²) in [5.41, 5.74) is 13.2. The van der Waals surface area contributed by atoms with Gasteiger partial charge in [0, 0.05) is 29.9 Å². The van der Waals surface area contributed by atoms with Gasteiger partial charge in [0.25, 0.3) is 5.91 Å². The maximum atomic E-state index is 13.3. The summed E-state index contributed by atoms with van der Waals surface area (Å²) in [5, 5.41) is 11.5. The van der Waals surface area contributed by atoms with E-state index in [0.29, 0.717) is 16.9 Å². The predicted molar refractivity (Wildman–Crippen MR) is 153 cm³/mol. The van der Waals surface area contributed by atoms with Crippen molar-refractivity contribution >= 4 is 23.5 Å². The third-order valence-corrected chi connectivity index (χ3v) is 6.83. The number of nitrogens with two attached hydrogens (primary N) is 2. The highest BCUT2D eigenvalue weighted by atomic mass is 19.4. The lowest BCUT2D eigenvalue weighted by atomic mass is 10.0. The number of hydrogen-bond acceptors (Lipinski definition) is 6. The normalized spacial score (nSPS) is 14.8. The zero-order chi connectivity index (χ0) is 30.3. The van der Waals surface area contributed by atoms with Crippen LogP contribution in [0.2, 0.25) is 0 Å². The molecule has 1 amide bonds. The van der Waals surface area contributed by atoms with E-state index < -0.39 is 29.7 Å². The van der Waals surface area contributed by atoms with Gasteiger partial charge in [-0.2, -0.15) is 13.2 Å². The molecule has 4 rings (SSSR count). The highest BCUT2D eigenvalue weighted by Gasteiger charge is 2.30. The summed E-state index contributed by atoms with van der Waals surface area (Å²) < 4.78 is 45.8. The fourth-order valence-electron chi connectivity index (χ4n) is 4.63. The van der Waals surface area contributed by atoms with Gasteiger partial charge in [-0.05, 0) is 73.7 Å². The molecule has 1 saturated heterocycles. The summed E-state index contributed by atoms with van der Waals surface area (Å²) in [6.07, 6.45) is -1.29. The first kappa shape index (κ1) is 30.4. The van der Waals surface area contributed by atoms with Crippen LogP contribution in [-0.4, -0.2) is 42.1 Å². The number of hydrogen-bond donors (Lipinski definition) is 4. The molecule has 6 N–H and O–H groups in total. The highest BCUT2D eigenvalue weighted by molar-refractivity contribution is 6.05. The first-order valence-electron chi connectivity index (χ1n) is 13.4. The van der Waals surface area contributed by atoms with Crippen LogP contribution in [-0.2, 0) is 23.9 Å². The number of piperidine rings is 1. The largest absolute Gasteiger partial charge is 0.480 e. The van der Waals surface area contributed by atoms with Crippen LogP contribution >= 0.6 is 0 Å². The molecule has 222 valence electrons. The van der Waals surface area contributed by atoms with Crippen LogP contribution in [0, 0.1) is 0 Å². The van der Waals surface area contributed by atoms with E-state index in [1.807, 2.05) is 6.07 Å². The number of carbonyl (C=O) groups is 2. The summed E-state index contributed by atoms with van der Waals surface area (Å²) in [7, 11) is 0. The van der Waals surface area contributed by atoms with Crippen molar-refractivity contribution in [2.45, 2.75) is 44.4 Å². The molecule has 3 aromatic carbocycles. The van der Waals surface area contributed by atoms with E-state index >= 15 is 0 Å². The second kappa shape index (κ2) is 13.4. The number of carboxylic acids is 1. The standard InChI is InChI=1S/C30H32F3N5O4/c31-30(32,33)21-6-4-7-22(17-21)42-26-9-5-8-25(38-14-2-1-3-15-38)23(26)18-36-29(35)37-27(39)20-12-10-19(11-13-20)16-24(34)28(40)41/h4-13,17,24H,1-3,14-16,18,34H2,(H,40,41)(H3,35,36,37,39)/t24-/m0/s1. The lowest BCUT2D eigenvalue weighted by Gasteiger charge is -2.31. The van der Waals surface area contributed by atoms with Crippen molar-refractivity contribution in [3.05, 3.63) is 89.0 Å². The third kappa shape index (κ3) is 8.00. The molecule has 0 spiro atoms. The van der Waals surface area contributed by atoms with Crippen molar-refractivity contribution in [1.29, 1.82) is 0 Å². The number of aliphatic carboxylic acids is 1. The zero-order valence-corrected chi connectivity index (χ0v) is 22.7. The molecule has 1 heterocycles. The third-order valence-electron chi connectivity index (χ3n) is 6.83. The first-order valence-corrected chi connectivity index (χ1v) is 13.4. The summed E-state index contributed by atoms with van der Waals surface area (Å²) in [5.74, 6) is -1.44. The van der Waals surface area contributed by atoms with Crippen LogP contribution in [0.4, 0.5) is 18.9 Å². The molecule has 42 heavy (non-hydrogen) atoms. The highest BCUT2D eigenvalue weighted by Crippen LogP contribution is 2.37. The fraction of sp³-hybridized carbons (Fsp3) is 0.300. The van der Waals surface area contributed by atoms with Crippen molar-refractivity contribution in [3.63, 3.8) is 0 Å². The van der Waals surface area contributed by atoms with Gasteiger partial charge in [-0.25, -0.2) is 4.99 Å². The van der Waals surface area contributed by atoms with E-state index in [-0.39, 0.29) is 30.2 Å². The number of alkyl halides is 3. The van der Waals surface area contributed by atoms with E-state index in [1.165, 1.54) is 24.3 Å². The Labute approximate surface area is 241 Å². The second-order valence-corrected chi connectivity index (χ2v) is 9.93. The lowest BCUT2D eigenvalue weighted by Crippen LogP contribution is -2.37. The monoisotopic (exact) mass is 583 g/mol. The SMILES string of the molecule is NC(=NCc1c(Oc2cccc(C(F)(F)F)c2)cccc1N1CCCCC1)NC(=O)c1ccc(C[C@H](N)C(=O)O)cc1.